The highest BCUT2D eigenvalue weighted by molar-refractivity contribution is 7.08. The minimum Gasteiger partial charge on any atom is -0.497 e. The molecule has 1 aliphatic heterocycles. The van der Waals surface area contributed by atoms with Gasteiger partial charge in [0.2, 0.25) is 0 Å². The number of hydrogen-bond acceptors (Lipinski definition) is 6. The van der Waals surface area contributed by atoms with E-state index >= 15 is 0 Å². The summed E-state index contributed by atoms with van der Waals surface area (Å²) >= 11 is 8.11. The number of hydrogen-bond donors (Lipinski definition) is 2. The zero-order chi connectivity index (χ0) is 23.3. The number of halogens is 1. The molecule has 5 nitrogen and oxygen atoms in total. The van der Waals surface area contributed by atoms with Crippen LogP contribution >= 0.6 is 22.9 Å². The van der Waals surface area contributed by atoms with Crippen molar-refractivity contribution in [2.45, 2.75) is 31.8 Å². The molecule has 0 aliphatic carbocycles. The number of nitrogens with zero attached hydrogens (tertiary/aromatic N) is 2. The molecule has 2 N–H and O–H groups in total. The number of aliphatic hydroxyl groups is 2. The van der Waals surface area contributed by atoms with Gasteiger partial charge in [-0.3, -0.25) is 9.88 Å². The highest BCUT2D eigenvalue weighted by atomic mass is 35.5. The van der Waals surface area contributed by atoms with Gasteiger partial charge in [-0.05, 0) is 73.8 Å². The second-order valence-electron chi connectivity index (χ2n) is 8.71. The van der Waals surface area contributed by atoms with Gasteiger partial charge in [-0.2, -0.15) is 11.3 Å². The Labute approximate surface area is 204 Å². The lowest BCUT2D eigenvalue weighted by atomic mass is 9.74. The number of fused-ring (bicyclic) bond motifs is 1. The molecule has 1 aromatic carbocycles. The van der Waals surface area contributed by atoms with Crippen LogP contribution in [0.4, 0.5) is 0 Å². The fraction of sp³-hybridized carbons (Fsp3) is 0.423. The first kappa shape index (κ1) is 24.0. The van der Waals surface area contributed by atoms with Crippen molar-refractivity contribution in [3.8, 4) is 17.6 Å². The quantitative estimate of drug-likeness (QED) is 0.467. The van der Waals surface area contributed by atoms with Crippen molar-refractivity contribution in [1.29, 1.82) is 0 Å². The summed E-state index contributed by atoms with van der Waals surface area (Å²) in [5.41, 5.74) is 2.32. The number of pyridine rings is 1. The summed E-state index contributed by atoms with van der Waals surface area (Å²) in [6, 6.07) is 7.61. The van der Waals surface area contributed by atoms with E-state index in [4.69, 9.17) is 16.3 Å². The fourth-order valence-electron chi connectivity index (χ4n) is 4.48. The molecule has 0 radical (unpaired) electrons. The second-order valence-corrected chi connectivity index (χ2v) is 9.89. The molecule has 0 saturated carbocycles. The van der Waals surface area contributed by atoms with Crippen molar-refractivity contribution in [2.75, 3.05) is 33.4 Å². The van der Waals surface area contributed by atoms with Crippen molar-refractivity contribution in [3.05, 3.63) is 57.4 Å². The van der Waals surface area contributed by atoms with Gasteiger partial charge in [0, 0.05) is 34.7 Å². The number of likely N-dealkylation sites (tertiary alicyclic amines) is 1. The minimum atomic E-state index is -0.743. The Kier molecular flexibility index (Phi) is 7.90. The van der Waals surface area contributed by atoms with Gasteiger partial charge >= 0.3 is 0 Å². The van der Waals surface area contributed by atoms with E-state index in [1.165, 1.54) is 0 Å². The van der Waals surface area contributed by atoms with Crippen LogP contribution in [0.15, 0.2) is 41.2 Å². The van der Waals surface area contributed by atoms with Gasteiger partial charge < -0.3 is 14.9 Å². The SMILES string of the molecule is COc1ccc2ncc(Cl)c(C(O)CCC3(CO)CCN(CC#Cc4ccsc4)CC3)c2c1. The maximum atomic E-state index is 11.1. The number of piperidine rings is 1. The third-order valence-corrected chi connectivity index (χ3v) is 7.64. The highest BCUT2D eigenvalue weighted by Gasteiger charge is 2.34. The first-order valence-electron chi connectivity index (χ1n) is 11.2. The largest absolute Gasteiger partial charge is 0.497 e. The van der Waals surface area contributed by atoms with Crippen LogP contribution in [0.25, 0.3) is 10.9 Å². The molecule has 2 aromatic heterocycles. The molecule has 3 heterocycles. The van der Waals surface area contributed by atoms with E-state index in [9.17, 15) is 10.2 Å². The van der Waals surface area contributed by atoms with Crippen LogP contribution in [0.5, 0.6) is 5.75 Å². The molecule has 0 spiro atoms. The number of methoxy groups -OCH3 is 1. The molecular weight excluding hydrogens is 456 g/mol. The number of aromatic nitrogens is 1. The molecule has 1 saturated heterocycles. The number of ether oxygens (including phenoxy) is 1. The Balaban J connectivity index is 1.39. The maximum Gasteiger partial charge on any atom is 0.119 e. The van der Waals surface area contributed by atoms with Crippen molar-refractivity contribution >= 4 is 33.8 Å². The van der Waals surface area contributed by atoms with E-state index in [-0.39, 0.29) is 12.0 Å². The lowest BCUT2D eigenvalue weighted by Gasteiger charge is -2.40. The number of aliphatic hydroxyl groups excluding tert-OH is 2. The van der Waals surface area contributed by atoms with Crippen LogP contribution in [0.1, 0.15) is 42.9 Å². The lowest BCUT2D eigenvalue weighted by Crippen LogP contribution is -2.42. The molecular formula is C26H29ClN2O3S. The van der Waals surface area contributed by atoms with Crippen LogP contribution in [0.2, 0.25) is 5.02 Å². The summed E-state index contributed by atoms with van der Waals surface area (Å²) in [4.78, 5) is 6.71. The number of benzene rings is 1. The van der Waals surface area contributed by atoms with Crippen molar-refractivity contribution in [1.82, 2.24) is 9.88 Å². The van der Waals surface area contributed by atoms with E-state index < -0.39 is 6.10 Å². The van der Waals surface area contributed by atoms with Crippen LogP contribution in [-0.4, -0.2) is 53.4 Å². The van der Waals surface area contributed by atoms with Crippen LogP contribution in [-0.2, 0) is 0 Å². The summed E-state index contributed by atoms with van der Waals surface area (Å²) < 4.78 is 5.35. The van der Waals surface area contributed by atoms with E-state index in [1.807, 2.05) is 29.6 Å². The maximum absolute atomic E-state index is 11.1. The molecule has 33 heavy (non-hydrogen) atoms. The molecule has 0 bridgehead atoms. The van der Waals surface area contributed by atoms with Crippen molar-refractivity contribution < 1.29 is 14.9 Å². The highest BCUT2D eigenvalue weighted by Crippen LogP contribution is 2.40. The summed E-state index contributed by atoms with van der Waals surface area (Å²) in [7, 11) is 1.61. The first-order valence-corrected chi connectivity index (χ1v) is 12.5. The molecule has 1 atom stereocenters. The van der Waals surface area contributed by atoms with Gasteiger partial charge in [-0.25, -0.2) is 0 Å². The van der Waals surface area contributed by atoms with Gasteiger partial charge in [-0.1, -0.05) is 23.4 Å². The molecule has 3 aromatic rings. The third-order valence-electron chi connectivity index (χ3n) is 6.66. The molecule has 1 aliphatic rings. The Morgan fingerprint density at radius 3 is 2.82 bits per heavy atom. The topological polar surface area (TPSA) is 65.8 Å². The second kappa shape index (κ2) is 10.9. The Morgan fingerprint density at radius 1 is 1.30 bits per heavy atom. The lowest BCUT2D eigenvalue weighted by molar-refractivity contribution is 0.0273. The van der Waals surface area contributed by atoms with Crippen LogP contribution < -0.4 is 4.74 Å². The average molecular weight is 485 g/mol. The van der Waals surface area contributed by atoms with Crippen molar-refractivity contribution in [2.24, 2.45) is 5.41 Å². The summed E-state index contributed by atoms with van der Waals surface area (Å²) in [5, 5.41) is 26.7. The normalized spacial score (nSPS) is 16.8. The predicted molar refractivity (Wildman–Crippen MR) is 134 cm³/mol. The van der Waals surface area contributed by atoms with Gasteiger partial charge in [0.1, 0.15) is 5.75 Å². The third kappa shape index (κ3) is 5.68. The summed E-state index contributed by atoms with van der Waals surface area (Å²) in [5.74, 6) is 7.15. The number of rotatable bonds is 7. The molecule has 0 amide bonds. The van der Waals surface area contributed by atoms with E-state index in [2.05, 4.69) is 27.1 Å². The summed E-state index contributed by atoms with van der Waals surface area (Å²) in [6.07, 6.45) is 3.86. The fourth-order valence-corrected chi connectivity index (χ4v) is 5.35. The Bertz CT molecular complexity index is 1130. The van der Waals surface area contributed by atoms with Gasteiger partial charge in [-0.15, -0.1) is 0 Å². The van der Waals surface area contributed by atoms with Gasteiger partial charge in [0.05, 0.1) is 30.3 Å². The summed E-state index contributed by atoms with van der Waals surface area (Å²) in [6.45, 7) is 2.64. The first-order chi connectivity index (χ1) is 16.0. The standard InChI is InChI=1S/C26H29ClN2O3S/c1-32-20-4-5-23-21(15-20)25(22(27)16-28-23)24(31)6-8-26(18-30)9-12-29(13-10-26)11-2-3-19-7-14-33-17-19/h4-5,7,14-17,24,30-31H,6,8-13,18H2,1H3. The average Bonchev–Trinajstić information content (AvgIpc) is 3.36. The molecule has 7 heteroatoms. The van der Waals surface area contributed by atoms with E-state index in [0.717, 1.165) is 55.4 Å². The zero-order valence-corrected chi connectivity index (χ0v) is 20.3. The van der Waals surface area contributed by atoms with Crippen LogP contribution in [0, 0.1) is 17.3 Å². The van der Waals surface area contributed by atoms with Gasteiger partial charge in [0.15, 0.2) is 0 Å². The molecule has 4 rings (SSSR count). The van der Waals surface area contributed by atoms with Crippen molar-refractivity contribution in [3.63, 3.8) is 0 Å². The predicted octanol–water partition coefficient (Wildman–Crippen LogP) is 4.90. The Morgan fingerprint density at radius 2 is 2.12 bits per heavy atom. The van der Waals surface area contributed by atoms with E-state index in [0.29, 0.717) is 22.8 Å². The molecule has 174 valence electrons. The zero-order valence-electron chi connectivity index (χ0n) is 18.8. The van der Waals surface area contributed by atoms with Crippen LogP contribution in [0.3, 0.4) is 0 Å². The molecule has 1 fully saturated rings. The monoisotopic (exact) mass is 484 g/mol. The smallest absolute Gasteiger partial charge is 0.119 e. The van der Waals surface area contributed by atoms with E-state index in [1.54, 1.807) is 24.6 Å². The van der Waals surface area contributed by atoms with Gasteiger partial charge in [0.25, 0.3) is 0 Å². The number of thiophene rings is 1. The minimum absolute atomic E-state index is 0.118. The molecule has 1 unspecified atom stereocenters. The Hall–Kier alpha value is -2.14.